The fraction of sp³-hybridized carbons (Fsp3) is 0.185. The second-order valence-corrected chi connectivity index (χ2v) is 11.0. The number of rotatable bonds is 4. The van der Waals surface area contributed by atoms with E-state index < -0.39 is 10.0 Å². The van der Waals surface area contributed by atoms with Gasteiger partial charge in [0.25, 0.3) is 5.91 Å². The van der Waals surface area contributed by atoms with E-state index in [1.54, 1.807) is 29.2 Å². The number of aryl methyl sites for hydroxylation is 1. The number of benzene rings is 3. The van der Waals surface area contributed by atoms with E-state index in [0.717, 1.165) is 22.0 Å². The Kier molecular flexibility index (Phi) is 6.32. The van der Waals surface area contributed by atoms with Gasteiger partial charge in [-0.15, -0.1) is 0 Å². The van der Waals surface area contributed by atoms with Crippen LogP contribution in [-0.2, 0) is 17.1 Å². The fourth-order valence-electron chi connectivity index (χ4n) is 4.43. The van der Waals surface area contributed by atoms with E-state index in [0.29, 0.717) is 23.7 Å². The Hall–Kier alpha value is -3.26. The van der Waals surface area contributed by atoms with E-state index in [4.69, 9.17) is 11.6 Å². The molecule has 0 bridgehead atoms. The van der Waals surface area contributed by atoms with Crippen LogP contribution in [0.4, 0.5) is 0 Å². The fourth-order valence-corrected chi connectivity index (χ4v) is 6.06. The molecule has 0 N–H and O–H groups in total. The van der Waals surface area contributed by atoms with Crippen LogP contribution in [-0.4, -0.2) is 49.7 Å². The second kappa shape index (κ2) is 9.41. The van der Waals surface area contributed by atoms with Crippen molar-refractivity contribution in [3.63, 3.8) is 0 Å². The first kappa shape index (κ1) is 23.5. The van der Waals surface area contributed by atoms with Crippen molar-refractivity contribution in [2.75, 3.05) is 26.2 Å². The first-order valence-corrected chi connectivity index (χ1v) is 13.2. The minimum absolute atomic E-state index is 0.0892. The molecule has 1 aliphatic heterocycles. The Bertz CT molecular complexity index is 1510. The maximum absolute atomic E-state index is 13.2. The highest BCUT2D eigenvalue weighted by Gasteiger charge is 2.30. The van der Waals surface area contributed by atoms with Crippen molar-refractivity contribution in [1.29, 1.82) is 0 Å². The summed E-state index contributed by atoms with van der Waals surface area (Å²) >= 11 is 6.04. The predicted octanol–water partition coefficient (Wildman–Crippen LogP) is 4.13. The van der Waals surface area contributed by atoms with Gasteiger partial charge < -0.3 is 4.90 Å². The van der Waals surface area contributed by atoms with Crippen LogP contribution in [0.15, 0.2) is 90.0 Å². The zero-order chi connectivity index (χ0) is 24.6. The van der Waals surface area contributed by atoms with Crippen LogP contribution in [0.2, 0.25) is 5.02 Å². The molecule has 178 valence electrons. The highest BCUT2D eigenvalue weighted by molar-refractivity contribution is 7.89. The van der Waals surface area contributed by atoms with Crippen molar-refractivity contribution >= 4 is 38.3 Å². The van der Waals surface area contributed by atoms with Crippen molar-refractivity contribution in [3.05, 3.63) is 95.6 Å². The lowest BCUT2D eigenvalue weighted by Crippen LogP contribution is -2.50. The smallest absolute Gasteiger partial charge is 0.253 e. The van der Waals surface area contributed by atoms with Crippen molar-refractivity contribution in [3.8, 4) is 11.3 Å². The Morgan fingerprint density at radius 1 is 0.857 bits per heavy atom. The third-order valence-electron chi connectivity index (χ3n) is 6.42. The Labute approximate surface area is 210 Å². The molecule has 0 aliphatic carbocycles. The summed E-state index contributed by atoms with van der Waals surface area (Å²) in [5.74, 6) is -0.0892. The molecule has 4 aromatic rings. The average molecular weight is 507 g/mol. The average Bonchev–Trinajstić information content (AvgIpc) is 2.88. The topological polar surface area (TPSA) is 61.6 Å². The number of pyridine rings is 1. The molecule has 0 saturated carbocycles. The number of fused-ring (bicyclic) bond motifs is 1. The zero-order valence-electron chi connectivity index (χ0n) is 19.3. The molecule has 1 aliphatic rings. The van der Waals surface area contributed by atoms with Gasteiger partial charge in [0.1, 0.15) is 7.05 Å². The summed E-state index contributed by atoms with van der Waals surface area (Å²) in [5, 5.41) is 2.31. The van der Waals surface area contributed by atoms with Crippen molar-refractivity contribution in [2.24, 2.45) is 7.05 Å². The molecule has 6 nitrogen and oxygen atoms in total. The lowest BCUT2D eigenvalue weighted by atomic mass is 10.1. The Balaban J connectivity index is 1.27. The SMILES string of the molecule is C[n+]1ccccc1-c1ccc(C(=O)N2CCN(S(=O)(=O)c3ccc4cc(Cl)ccc4c3)CC2)cc1. The number of piperazine rings is 1. The molecule has 5 rings (SSSR count). The summed E-state index contributed by atoms with van der Waals surface area (Å²) in [5.41, 5.74) is 2.68. The van der Waals surface area contributed by atoms with E-state index in [1.165, 1.54) is 4.31 Å². The van der Waals surface area contributed by atoms with Crippen LogP contribution in [0.3, 0.4) is 0 Å². The third kappa shape index (κ3) is 4.67. The van der Waals surface area contributed by atoms with E-state index in [-0.39, 0.29) is 23.9 Å². The lowest BCUT2D eigenvalue weighted by molar-refractivity contribution is -0.660. The maximum atomic E-state index is 13.2. The normalized spacial score (nSPS) is 14.9. The lowest BCUT2D eigenvalue weighted by Gasteiger charge is -2.34. The monoisotopic (exact) mass is 506 g/mol. The van der Waals surface area contributed by atoms with Crippen LogP contribution in [0.1, 0.15) is 10.4 Å². The molecule has 3 aromatic carbocycles. The van der Waals surface area contributed by atoms with E-state index >= 15 is 0 Å². The molecule has 1 amide bonds. The van der Waals surface area contributed by atoms with Crippen LogP contribution in [0.5, 0.6) is 0 Å². The first-order chi connectivity index (χ1) is 16.8. The molecule has 0 spiro atoms. The van der Waals surface area contributed by atoms with E-state index in [2.05, 4.69) is 0 Å². The minimum Gasteiger partial charge on any atom is -0.336 e. The van der Waals surface area contributed by atoms with Crippen molar-refractivity contribution < 1.29 is 17.8 Å². The molecule has 35 heavy (non-hydrogen) atoms. The van der Waals surface area contributed by atoms with Crippen molar-refractivity contribution in [2.45, 2.75) is 4.90 Å². The van der Waals surface area contributed by atoms with Gasteiger partial charge in [0.15, 0.2) is 6.20 Å². The Morgan fingerprint density at radius 3 is 2.26 bits per heavy atom. The second-order valence-electron chi connectivity index (χ2n) is 8.62. The summed E-state index contributed by atoms with van der Waals surface area (Å²) in [6, 6.07) is 23.9. The van der Waals surface area contributed by atoms with Gasteiger partial charge in [0.05, 0.1) is 4.90 Å². The van der Waals surface area contributed by atoms with Gasteiger partial charge in [-0.05, 0) is 65.4 Å². The van der Waals surface area contributed by atoms with Gasteiger partial charge in [-0.2, -0.15) is 4.31 Å². The predicted molar refractivity (Wildman–Crippen MR) is 137 cm³/mol. The summed E-state index contributed by atoms with van der Waals surface area (Å²) in [6.07, 6.45) is 1.98. The van der Waals surface area contributed by atoms with Gasteiger partial charge in [0, 0.05) is 54.5 Å². The first-order valence-electron chi connectivity index (χ1n) is 11.4. The van der Waals surface area contributed by atoms with Crippen LogP contribution in [0.25, 0.3) is 22.0 Å². The summed E-state index contributed by atoms with van der Waals surface area (Å²) in [7, 11) is -1.68. The zero-order valence-corrected chi connectivity index (χ0v) is 20.8. The maximum Gasteiger partial charge on any atom is 0.253 e. The molecule has 0 atom stereocenters. The molecule has 1 saturated heterocycles. The quantitative estimate of drug-likeness (QED) is 0.391. The number of halogens is 1. The number of carbonyl (C=O) groups is 1. The summed E-state index contributed by atoms with van der Waals surface area (Å²) < 4.78 is 30.0. The van der Waals surface area contributed by atoms with Gasteiger partial charge >= 0.3 is 0 Å². The highest BCUT2D eigenvalue weighted by atomic mass is 35.5. The van der Waals surface area contributed by atoms with Gasteiger partial charge in [-0.1, -0.05) is 23.7 Å². The summed E-state index contributed by atoms with van der Waals surface area (Å²) in [4.78, 5) is 15.0. The molecular weight excluding hydrogens is 482 g/mol. The molecule has 0 radical (unpaired) electrons. The van der Waals surface area contributed by atoms with Crippen LogP contribution < -0.4 is 4.57 Å². The standard InChI is InChI=1S/C27H25ClN3O3S/c1-29-13-3-2-4-26(29)20-5-7-21(8-6-20)27(32)30-14-16-31(17-15-30)35(33,34)25-12-10-22-18-24(28)11-9-23(22)19-25/h2-13,18-19H,14-17H2,1H3/q+1. The molecule has 8 heteroatoms. The van der Waals surface area contributed by atoms with Crippen LogP contribution >= 0.6 is 11.6 Å². The van der Waals surface area contributed by atoms with Gasteiger partial charge in [-0.3, -0.25) is 4.79 Å². The van der Waals surface area contributed by atoms with Gasteiger partial charge in [-0.25, -0.2) is 13.0 Å². The largest absolute Gasteiger partial charge is 0.336 e. The number of carbonyl (C=O) groups excluding carboxylic acids is 1. The molecular formula is C27H25ClN3O3S+. The highest BCUT2D eigenvalue weighted by Crippen LogP contribution is 2.25. The van der Waals surface area contributed by atoms with E-state index in [1.807, 2.05) is 72.4 Å². The number of amides is 1. The number of sulfonamides is 1. The van der Waals surface area contributed by atoms with Crippen LogP contribution in [0, 0.1) is 0 Å². The molecule has 1 fully saturated rings. The van der Waals surface area contributed by atoms with Crippen molar-refractivity contribution in [1.82, 2.24) is 9.21 Å². The number of aromatic nitrogens is 1. The molecule has 2 heterocycles. The number of hydrogen-bond donors (Lipinski definition) is 0. The molecule has 0 unspecified atom stereocenters. The minimum atomic E-state index is -3.66. The number of hydrogen-bond acceptors (Lipinski definition) is 3. The third-order valence-corrected chi connectivity index (χ3v) is 8.55. The summed E-state index contributed by atoms with van der Waals surface area (Å²) in [6.45, 7) is 1.20. The van der Waals surface area contributed by atoms with E-state index in [9.17, 15) is 13.2 Å². The number of nitrogens with zero attached hydrogens (tertiary/aromatic N) is 3. The molecule has 1 aromatic heterocycles. The Morgan fingerprint density at radius 2 is 1.54 bits per heavy atom. The van der Waals surface area contributed by atoms with Gasteiger partial charge in [0.2, 0.25) is 15.7 Å².